The highest BCUT2D eigenvalue weighted by atomic mass is 32.2. The highest BCUT2D eigenvalue weighted by Crippen LogP contribution is 2.44. The zero-order valence-corrected chi connectivity index (χ0v) is 19.4. The molecule has 1 N–H and O–H groups in total. The third-order valence-electron chi connectivity index (χ3n) is 5.70. The molecule has 7 nitrogen and oxygen atoms in total. The van der Waals surface area contributed by atoms with E-state index in [-0.39, 0.29) is 22.6 Å². The van der Waals surface area contributed by atoms with Gasteiger partial charge >= 0.3 is 0 Å². The number of benzene rings is 2. The van der Waals surface area contributed by atoms with Crippen LogP contribution >= 0.6 is 11.8 Å². The number of nitrogens with zero attached hydrogens (tertiary/aromatic N) is 1. The number of carbonyl (C=O) groups is 1. The van der Waals surface area contributed by atoms with Gasteiger partial charge in [0.1, 0.15) is 11.3 Å². The summed E-state index contributed by atoms with van der Waals surface area (Å²) in [4.78, 5) is 28.8. The molecular weight excluding hydrogens is 440 g/mol. The maximum atomic E-state index is 13.4. The van der Waals surface area contributed by atoms with Gasteiger partial charge in [-0.1, -0.05) is 11.8 Å². The molecule has 1 aromatic heterocycles. The average Bonchev–Trinajstić information content (AvgIpc) is 3.14. The topological polar surface area (TPSA) is 81.0 Å². The summed E-state index contributed by atoms with van der Waals surface area (Å²) >= 11 is 1.58. The van der Waals surface area contributed by atoms with E-state index in [0.29, 0.717) is 28.0 Å². The molecule has 3 aromatic rings. The Morgan fingerprint density at radius 3 is 2.42 bits per heavy atom. The zero-order valence-electron chi connectivity index (χ0n) is 18.6. The molecule has 2 aromatic carbocycles. The van der Waals surface area contributed by atoms with Gasteiger partial charge in [-0.2, -0.15) is 0 Å². The minimum Gasteiger partial charge on any atom is -0.497 e. The first-order chi connectivity index (χ1) is 15.9. The van der Waals surface area contributed by atoms with Crippen molar-refractivity contribution >= 4 is 34.3 Å². The van der Waals surface area contributed by atoms with Gasteiger partial charge in [0.05, 0.1) is 25.3 Å². The summed E-state index contributed by atoms with van der Waals surface area (Å²) in [6.45, 7) is 3.85. The summed E-state index contributed by atoms with van der Waals surface area (Å²) in [7, 11) is 3.04. The highest BCUT2D eigenvalue weighted by molar-refractivity contribution is 8.04. The summed E-state index contributed by atoms with van der Waals surface area (Å²) in [5.74, 6) is 1.10. The highest BCUT2D eigenvalue weighted by Gasteiger charge is 2.37. The Morgan fingerprint density at radius 2 is 1.73 bits per heavy atom. The fourth-order valence-electron chi connectivity index (χ4n) is 4.16. The fraction of sp³-hybridized carbons (Fsp3) is 0.200. The van der Waals surface area contributed by atoms with Crippen LogP contribution in [0.1, 0.15) is 19.4 Å². The monoisotopic (exact) mass is 462 g/mol. The Balaban J connectivity index is 1.63. The second kappa shape index (κ2) is 8.04. The third kappa shape index (κ3) is 3.47. The minimum atomic E-state index is -0.272. The van der Waals surface area contributed by atoms with E-state index in [9.17, 15) is 9.59 Å². The van der Waals surface area contributed by atoms with Crippen LogP contribution in [-0.2, 0) is 4.79 Å². The van der Waals surface area contributed by atoms with Crippen LogP contribution < -0.4 is 20.2 Å². The van der Waals surface area contributed by atoms with Crippen LogP contribution in [0.3, 0.4) is 0 Å². The number of carbonyl (C=O) groups excluding carboxylic acids is 1. The molecule has 1 atom stereocenters. The number of methoxy groups -OCH3 is 2. The van der Waals surface area contributed by atoms with E-state index in [1.54, 1.807) is 54.1 Å². The van der Waals surface area contributed by atoms with Gasteiger partial charge in [0.25, 0.3) is 5.91 Å². The van der Waals surface area contributed by atoms with Gasteiger partial charge in [-0.3, -0.25) is 14.5 Å². The molecular formula is C25H22N2O5S. The van der Waals surface area contributed by atoms with Crippen molar-refractivity contribution in [3.63, 3.8) is 0 Å². The van der Waals surface area contributed by atoms with Crippen molar-refractivity contribution in [1.29, 1.82) is 0 Å². The number of thioether (sulfide) groups is 1. The van der Waals surface area contributed by atoms with Crippen molar-refractivity contribution in [1.82, 2.24) is 10.2 Å². The molecule has 0 saturated carbocycles. The van der Waals surface area contributed by atoms with Crippen LogP contribution in [0.15, 0.2) is 68.4 Å². The van der Waals surface area contributed by atoms with Gasteiger partial charge in [-0.05, 0) is 56.3 Å². The number of rotatable bonds is 4. The number of ether oxygens (including phenoxy) is 2. The lowest BCUT2D eigenvalue weighted by molar-refractivity contribution is -0.124. The van der Waals surface area contributed by atoms with E-state index in [0.717, 1.165) is 21.9 Å². The van der Waals surface area contributed by atoms with Crippen LogP contribution in [0.2, 0.25) is 0 Å². The Hall–Kier alpha value is -3.65. The molecule has 5 rings (SSSR count). The van der Waals surface area contributed by atoms with Gasteiger partial charge in [0.2, 0.25) is 11.2 Å². The van der Waals surface area contributed by atoms with E-state index < -0.39 is 0 Å². The first-order valence-electron chi connectivity index (χ1n) is 10.4. The minimum absolute atomic E-state index is 0.0878. The predicted octanol–water partition coefficient (Wildman–Crippen LogP) is 4.53. The molecule has 2 aliphatic heterocycles. The second-order valence-corrected chi connectivity index (χ2v) is 9.08. The Bertz CT molecular complexity index is 1400. The third-order valence-corrected chi connectivity index (χ3v) is 6.80. The molecule has 0 bridgehead atoms. The Morgan fingerprint density at radius 1 is 1.00 bits per heavy atom. The molecule has 0 radical (unpaired) electrons. The van der Waals surface area contributed by atoms with E-state index in [1.165, 1.54) is 7.11 Å². The molecule has 1 unspecified atom stereocenters. The molecule has 8 heteroatoms. The van der Waals surface area contributed by atoms with Gasteiger partial charge in [0, 0.05) is 27.8 Å². The van der Waals surface area contributed by atoms with Gasteiger partial charge in [-0.15, -0.1) is 0 Å². The number of hydrogen-bond acceptors (Lipinski definition) is 7. The molecule has 1 amide bonds. The Labute approximate surface area is 194 Å². The summed E-state index contributed by atoms with van der Waals surface area (Å²) in [5, 5.41) is 3.71. The molecule has 168 valence electrons. The molecule has 2 aliphatic rings. The van der Waals surface area contributed by atoms with Crippen LogP contribution in [0.25, 0.3) is 28.0 Å². The van der Waals surface area contributed by atoms with Crippen molar-refractivity contribution < 1.29 is 18.7 Å². The van der Waals surface area contributed by atoms with Gasteiger partial charge in [0.15, 0.2) is 11.3 Å². The predicted molar refractivity (Wildman–Crippen MR) is 129 cm³/mol. The van der Waals surface area contributed by atoms with Crippen molar-refractivity contribution in [2.45, 2.75) is 19.3 Å². The van der Waals surface area contributed by atoms with Gasteiger partial charge in [-0.25, -0.2) is 0 Å². The number of nitrogens with one attached hydrogen (secondary N) is 1. The van der Waals surface area contributed by atoms with E-state index in [2.05, 4.69) is 5.32 Å². The number of fused-ring (bicyclic) bond motifs is 2. The van der Waals surface area contributed by atoms with Crippen LogP contribution in [-0.4, -0.2) is 30.5 Å². The molecule has 0 saturated heterocycles. The lowest BCUT2D eigenvalue weighted by Gasteiger charge is -2.31. The molecule has 0 spiro atoms. The fourth-order valence-corrected chi connectivity index (χ4v) is 5.38. The number of amides is 1. The van der Waals surface area contributed by atoms with Crippen LogP contribution in [0.5, 0.6) is 11.5 Å². The quantitative estimate of drug-likeness (QED) is 0.610. The molecule has 33 heavy (non-hydrogen) atoms. The summed E-state index contributed by atoms with van der Waals surface area (Å²) in [5.41, 5.74) is 3.06. The Kier molecular flexibility index (Phi) is 5.17. The first-order valence-corrected chi connectivity index (χ1v) is 11.2. The van der Waals surface area contributed by atoms with Crippen molar-refractivity contribution in [3.8, 4) is 22.8 Å². The lowest BCUT2D eigenvalue weighted by Crippen LogP contribution is -2.45. The van der Waals surface area contributed by atoms with E-state index in [4.69, 9.17) is 13.9 Å². The number of allylic oxidation sites excluding steroid dienone is 2. The average molecular weight is 463 g/mol. The molecule has 0 fully saturated rings. The van der Waals surface area contributed by atoms with Crippen molar-refractivity contribution in [2.75, 3.05) is 14.2 Å². The molecule has 3 heterocycles. The van der Waals surface area contributed by atoms with Crippen molar-refractivity contribution in [2.24, 2.45) is 0 Å². The number of hydrogen-bond donors (Lipinski definition) is 1. The van der Waals surface area contributed by atoms with Crippen LogP contribution in [0.4, 0.5) is 0 Å². The van der Waals surface area contributed by atoms with Crippen LogP contribution in [0, 0.1) is 0 Å². The smallest absolute Gasteiger partial charge is 0.255 e. The maximum absolute atomic E-state index is 13.4. The normalized spacial score (nSPS) is 17.7. The van der Waals surface area contributed by atoms with E-state index in [1.807, 2.05) is 32.0 Å². The van der Waals surface area contributed by atoms with Gasteiger partial charge < -0.3 is 19.2 Å². The largest absolute Gasteiger partial charge is 0.497 e. The summed E-state index contributed by atoms with van der Waals surface area (Å²) < 4.78 is 16.8. The lowest BCUT2D eigenvalue weighted by atomic mass is 10.0. The zero-order chi connectivity index (χ0) is 23.3. The molecule has 0 aliphatic carbocycles. The SMILES string of the molecule is COc1ccc(-c2oc3ccc(C4=C(C)SC5NC(C)=CC(=O)N45)cc3c(=O)c2OC)cc1. The van der Waals surface area contributed by atoms with E-state index >= 15 is 0 Å². The maximum Gasteiger partial charge on any atom is 0.255 e. The van der Waals surface area contributed by atoms with Crippen molar-refractivity contribution in [3.05, 3.63) is 74.9 Å². The second-order valence-electron chi connectivity index (χ2n) is 7.79. The summed E-state index contributed by atoms with van der Waals surface area (Å²) in [6.07, 6.45) is 1.58. The standard InChI is InChI=1S/C25H22N2O5S/c1-13-11-20(28)27-21(14(2)33-25(27)26-13)16-7-10-19-18(12-16)22(29)24(31-4)23(32-19)15-5-8-17(30-3)9-6-15/h5-12,25-26H,1-4H3. The summed E-state index contributed by atoms with van der Waals surface area (Å²) in [6, 6.07) is 12.6. The first kappa shape index (κ1) is 21.2.